The largest absolute Gasteiger partial charge is 0.450 e. The molecule has 1 aliphatic heterocycles. The van der Waals surface area contributed by atoms with Crippen LogP contribution in [-0.4, -0.2) is 53.4 Å². The molecule has 0 spiro atoms. The van der Waals surface area contributed by atoms with Crippen LogP contribution >= 0.6 is 0 Å². The molecule has 0 saturated carbocycles. The normalized spacial score (nSPS) is 17.5. The number of alkyl carbamates (subject to hydrolysis) is 1. The minimum atomic E-state index is -1.25. The van der Waals surface area contributed by atoms with Gasteiger partial charge in [0.1, 0.15) is 11.6 Å². The van der Waals surface area contributed by atoms with Crippen molar-refractivity contribution in [1.29, 1.82) is 0 Å². The Morgan fingerprint density at radius 1 is 0.878 bits per heavy atom. The van der Waals surface area contributed by atoms with E-state index < -0.39 is 47.9 Å². The molecule has 0 bridgehead atoms. The van der Waals surface area contributed by atoms with Gasteiger partial charge in [-0.3, -0.25) is 9.63 Å². The van der Waals surface area contributed by atoms with Crippen LogP contribution in [0.5, 0.6) is 0 Å². The average Bonchev–Trinajstić information content (AvgIpc) is 2.96. The molecule has 0 aromatic heterocycles. The lowest BCUT2D eigenvalue weighted by Crippen LogP contribution is -2.70. The summed E-state index contributed by atoms with van der Waals surface area (Å²) in [5, 5.41) is 3.63. The number of nitrogens with zero attached hydrogens (tertiary/aromatic N) is 1. The van der Waals surface area contributed by atoms with E-state index in [1.165, 1.54) is 0 Å². The number of carbonyl (C=O) groups is 3. The Balaban J connectivity index is 1.48. The second-order valence-electron chi connectivity index (χ2n) is 10.8. The van der Waals surface area contributed by atoms with E-state index in [0.29, 0.717) is 0 Å². The number of nitrogens with one attached hydrogen (secondary N) is 1. The number of hydrogen-bond donors (Lipinski definition) is 1. The summed E-state index contributed by atoms with van der Waals surface area (Å²) in [6.07, 6.45) is -2.66. The van der Waals surface area contributed by atoms with Crippen LogP contribution in [0, 0.1) is 0 Å². The third-order valence-corrected chi connectivity index (χ3v) is 6.33. The quantitative estimate of drug-likeness (QED) is 0.261. The van der Waals surface area contributed by atoms with Crippen molar-refractivity contribution in [2.45, 2.75) is 64.2 Å². The molecular formula is C32H36N2O7. The van der Waals surface area contributed by atoms with E-state index >= 15 is 0 Å². The van der Waals surface area contributed by atoms with E-state index in [4.69, 9.17) is 19.0 Å². The molecule has 1 aliphatic rings. The zero-order chi connectivity index (χ0) is 29.4. The molecule has 1 heterocycles. The smallest absolute Gasteiger partial charge is 0.408 e. The van der Waals surface area contributed by atoms with Crippen molar-refractivity contribution in [2.24, 2.45) is 0 Å². The van der Waals surface area contributed by atoms with Gasteiger partial charge in [0.05, 0.1) is 19.3 Å². The lowest BCUT2D eigenvalue weighted by molar-refractivity contribution is -0.260. The fourth-order valence-corrected chi connectivity index (χ4v) is 4.28. The van der Waals surface area contributed by atoms with Gasteiger partial charge >= 0.3 is 12.1 Å². The minimum Gasteiger partial charge on any atom is -0.450 e. The van der Waals surface area contributed by atoms with Crippen molar-refractivity contribution in [3.63, 3.8) is 0 Å². The van der Waals surface area contributed by atoms with Crippen molar-refractivity contribution >= 4 is 18.0 Å². The molecule has 4 rings (SSSR count). The van der Waals surface area contributed by atoms with E-state index in [0.717, 1.165) is 21.8 Å². The predicted molar refractivity (Wildman–Crippen MR) is 151 cm³/mol. The molecule has 1 saturated heterocycles. The zero-order valence-electron chi connectivity index (χ0n) is 23.7. The van der Waals surface area contributed by atoms with E-state index in [9.17, 15) is 14.4 Å². The van der Waals surface area contributed by atoms with Gasteiger partial charge in [0.25, 0.3) is 5.91 Å². The zero-order valence-corrected chi connectivity index (χ0v) is 23.7. The fraction of sp³-hybridized carbons (Fsp3) is 0.344. The summed E-state index contributed by atoms with van der Waals surface area (Å²) in [6, 6.07) is 26.8. The third-order valence-electron chi connectivity index (χ3n) is 6.33. The number of β-lactam (4-membered cyclic amide) rings is 1. The van der Waals surface area contributed by atoms with Crippen molar-refractivity contribution in [3.05, 3.63) is 108 Å². The Hall–Kier alpha value is -4.21. The molecule has 0 aliphatic carbocycles. The Morgan fingerprint density at radius 3 is 1.93 bits per heavy atom. The highest BCUT2D eigenvalue weighted by atomic mass is 16.7. The highest BCUT2D eigenvalue weighted by Crippen LogP contribution is 2.28. The summed E-state index contributed by atoms with van der Waals surface area (Å²) in [5.74, 6) is -1.20. The first kappa shape index (κ1) is 29.8. The monoisotopic (exact) mass is 560 g/mol. The molecule has 41 heavy (non-hydrogen) atoms. The molecule has 9 nitrogen and oxygen atoms in total. The molecule has 216 valence electrons. The second-order valence-corrected chi connectivity index (χ2v) is 10.8. The Bertz CT molecular complexity index is 1260. The van der Waals surface area contributed by atoms with Crippen molar-refractivity contribution in [1.82, 2.24) is 10.4 Å². The number of esters is 1. The number of hydroxylamine groups is 2. The second kappa shape index (κ2) is 13.4. The maximum Gasteiger partial charge on any atom is 0.408 e. The van der Waals surface area contributed by atoms with Gasteiger partial charge in [-0.15, -0.1) is 0 Å². The lowest BCUT2D eigenvalue weighted by Gasteiger charge is -2.44. The summed E-state index contributed by atoms with van der Waals surface area (Å²) >= 11 is 0. The molecule has 1 unspecified atom stereocenters. The van der Waals surface area contributed by atoms with Gasteiger partial charge in [0.15, 0.2) is 6.10 Å². The van der Waals surface area contributed by atoms with E-state index in [-0.39, 0.29) is 13.2 Å². The number of amides is 2. The van der Waals surface area contributed by atoms with Gasteiger partial charge in [-0.05, 0) is 44.4 Å². The average molecular weight is 561 g/mol. The van der Waals surface area contributed by atoms with Gasteiger partial charge in [0, 0.05) is 0 Å². The van der Waals surface area contributed by atoms with Gasteiger partial charge < -0.3 is 19.5 Å². The first-order valence-corrected chi connectivity index (χ1v) is 13.5. The van der Waals surface area contributed by atoms with E-state index in [2.05, 4.69) is 5.32 Å². The predicted octanol–water partition coefficient (Wildman–Crippen LogP) is 4.96. The molecule has 1 N–H and O–H groups in total. The van der Waals surface area contributed by atoms with E-state index in [1.807, 2.05) is 91.0 Å². The Morgan fingerprint density at radius 2 is 1.41 bits per heavy atom. The first-order chi connectivity index (χ1) is 19.6. The topological polar surface area (TPSA) is 103 Å². The maximum absolute atomic E-state index is 13.6. The Labute approximate surface area is 240 Å². The number of rotatable bonds is 11. The van der Waals surface area contributed by atoms with Crippen LogP contribution in [0.4, 0.5) is 4.79 Å². The third kappa shape index (κ3) is 8.15. The van der Waals surface area contributed by atoms with Gasteiger partial charge in [-0.25, -0.2) is 14.7 Å². The lowest BCUT2D eigenvalue weighted by atomic mass is 10.0. The number of ether oxygens (including phenoxy) is 3. The SMILES string of the molecule is C[C@H]1[C@H](NC(=O)OC(C)(C)C)C(=O)N1OC(COCc1ccccc1)C(=O)OC(c1ccccc1)c1ccccc1. The van der Waals surface area contributed by atoms with Gasteiger partial charge in [-0.1, -0.05) is 91.0 Å². The van der Waals surface area contributed by atoms with Crippen molar-refractivity contribution < 1.29 is 33.4 Å². The molecule has 2 amide bonds. The maximum atomic E-state index is 13.6. The molecule has 3 aromatic carbocycles. The van der Waals surface area contributed by atoms with E-state index in [1.54, 1.807) is 27.7 Å². The van der Waals surface area contributed by atoms with Crippen LogP contribution in [0.3, 0.4) is 0 Å². The molecule has 3 atom stereocenters. The van der Waals surface area contributed by atoms with Crippen LogP contribution in [-0.2, 0) is 35.2 Å². The standard InChI is InChI=1S/C32H36N2O7/c1-22-27(33-31(37)40-32(2,3)4)29(35)34(22)41-26(21-38-20-23-14-8-5-9-15-23)30(36)39-28(24-16-10-6-11-17-24)25-18-12-7-13-19-25/h5-19,22,26-28H,20-21H2,1-4H3,(H,33,37)/t22-,26?,27-/m0/s1. The fourth-order valence-electron chi connectivity index (χ4n) is 4.28. The summed E-state index contributed by atoms with van der Waals surface area (Å²) in [6.45, 7) is 6.98. The summed E-state index contributed by atoms with van der Waals surface area (Å²) < 4.78 is 17.1. The van der Waals surface area contributed by atoms with Gasteiger partial charge in [0.2, 0.25) is 6.10 Å². The van der Waals surface area contributed by atoms with Crippen LogP contribution < -0.4 is 5.32 Å². The minimum absolute atomic E-state index is 0.162. The van der Waals surface area contributed by atoms with Crippen LogP contribution in [0.1, 0.15) is 50.5 Å². The van der Waals surface area contributed by atoms with Crippen molar-refractivity contribution in [3.8, 4) is 0 Å². The highest BCUT2D eigenvalue weighted by molar-refractivity contribution is 5.91. The number of carbonyl (C=O) groups excluding carboxylic acids is 3. The summed E-state index contributed by atoms with van der Waals surface area (Å²) in [5.41, 5.74) is 1.77. The highest BCUT2D eigenvalue weighted by Gasteiger charge is 2.49. The summed E-state index contributed by atoms with van der Waals surface area (Å²) in [4.78, 5) is 44.6. The Kier molecular flexibility index (Phi) is 9.75. The number of hydrogen-bond acceptors (Lipinski definition) is 7. The molecular weight excluding hydrogens is 524 g/mol. The summed E-state index contributed by atoms with van der Waals surface area (Å²) in [7, 11) is 0. The van der Waals surface area contributed by atoms with Crippen LogP contribution in [0.15, 0.2) is 91.0 Å². The first-order valence-electron chi connectivity index (χ1n) is 13.5. The van der Waals surface area contributed by atoms with Crippen LogP contribution in [0.25, 0.3) is 0 Å². The molecule has 1 fully saturated rings. The van der Waals surface area contributed by atoms with Crippen molar-refractivity contribution in [2.75, 3.05) is 6.61 Å². The molecule has 3 aromatic rings. The molecule has 9 heteroatoms. The number of benzene rings is 3. The van der Waals surface area contributed by atoms with Gasteiger partial charge in [-0.2, -0.15) is 0 Å². The molecule has 0 radical (unpaired) electrons. The van der Waals surface area contributed by atoms with Crippen LogP contribution in [0.2, 0.25) is 0 Å².